The Morgan fingerprint density at radius 3 is 2.00 bits per heavy atom. The highest BCUT2D eigenvalue weighted by Crippen LogP contribution is 2.34. The maximum atomic E-state index is 4.69. The molecular weight excluding hydrogens is 288 g/mol. The average Bonchev–Trinajstić information content (AvgIpc) is 2.95. The lowest BCUT2D eigenvalue weighted by atomic mass is 10.1. The van der Waals surface area contributed by atoms with Crippen LogP contribution in [-0.4, -0.2) is 11.1 Å². The molecule has 0 N–H and O–H groups in total. The molecule has 0 aliphatic heterocycles. The van der Waals surface area contributed by atoms with Gasteiger partial charge in [-0.05, 0) is 25.0 Å². The fraction of sp³-hybridized carbons (Fsp3) is 0.211. The van der Waals surface area contributed by atoms with Gasteiger partial charge in [-0.25, -0.2) is 0 Å². The molecule has 1 heterocycles. The number of hydrogen-bond donors (Lipinski definition) is 0. The summed E-state index contributed by atoms with van der Waals surface area (Å²) < 4.78 is 2.33. The lowest BCUT2D eigenvalue weighted by Crippen LogP contribution is -2.15. The molecule has 3 aromatic rings. The van der Waals surface area contributed by atoms with Gasteiger partial charge in [0, 0.05) is 13.1 Å². The van der Waals surface area contributed by atoms with E-state index in [4.69, 9.17) is 4.99 Å². The van der Waals surface area contributed by atoms with E-state index in [1.807, 2.05) is 0 Å². The molecule has 0 radical (unpaired) electrons. The van der Waals surface area contributed by atoms with Gasteiger partial charge in [0.2, 0.25) is 0 Å². The zero-order valence-corrected chi connectivity index (χ0v) is 13.8. The number of aromatic nitrogens is 1. The lowest BCUT2D eigenvalue weighted by Gasteiger charge is -2.09. The lowest BCUT2D eigenvalue weighted by molar-refractivity contribution is 0.735. The summed E-state index contributed by atoms with van der Waals surface area (Å²) in [7, 11) is 0. The Morgan fingerprint density at radius 2 is 1.45 bits per heavy atom. The molecule has 0 aliphatic carbocycles. The molecule has 0 atom stereocenters. The Morgan fingerprint density at radius 1 is 0.864 bits per heavy atom. The molecule has 0 bridgehead atoms. The molecule has 112 valence electrons. The second kappa shape index (κ2) is 6.75. The second-order valence-corrected chi connectivity index (χ2v) is 5.99. The third kappa shape index (κ3) is 2.77. The Kier molecular flexibility index (Phi) is 4.54. The molecule has 22 heavy (non-hydrogen) atoms. The molecule has 0 spiro atoms. The van der Waals surface area contributed by atoms with Crippen molar-refractivity contribution in [3.8, 4) is 21.7 Å². The summed E-state index contributed by atoms with van der Waals surface area (Å²) in [6.45, 7) is 6.00. The zero-order chi connectivity index (χ0) is 15.4. The molecule has 2 aromatic carbocycles. The van der Waals surface area contributed by atoms with E-state index in [0.29, 0.717) is 0 Å². The third-order valence-electron chi connectivity index (χ3n) is 3.60. The van der Waals surface area contributed by atoms with Crippen molar-refractivity contribution < 1.29 is 0 Å². The van der Waals surface area contributed by atoms with E-state index in [0.717, 1.165) is 17.9 Å². The first-order valence-corrected chi connectivity index (χ1v) is 8.51. The summed E-state index contributed by atoms with van der Waals surface area (Å²) in [6, 6.07) is 21.2. The fourth-order valence-electron chi connectivity index (χ4n) is 2.63. The fourth-order valence-corrected chi connectivity index (χ4v) is 3.91. The third-order valence-corrected chi connectivity index (χ3v) is 4.77. The molecule has 0 saturated carbocycles. The Balaban J connectivity index is 2.32. The highest BCUT2D eigenvalue weighted by atomic mass is 32.1. The predicted molar refractivity (Wildman–Crippen MR) is 95.0 cm³/mol. The summed E-state index contributed by atoms with van der Waals surface area (Å²) in [4.78, 5) is 7.08. The Labute approximate surface area is 135 Å². The Bertz CT molecular complexity index is 798. The van der Waals surface area contributed by atoms with Crippen molar-refractivity contribution >= 4 is 11.3 Å². The monoisotopic (exact) mass is 308 g/mol. The second-order valence-electron chi connectivity index (χ2n) is 5.01. The van der Waals surface area contributed by atoms with Crippen LogP contribution in [-0.2, 0) is 6.54 Å². The van der Waals surface area contributed by atoms with Crippen LogP contribution < -0.4 is 4.80 Å². The van der Waals surface area contributed by atoms with Crippen LogP contribution in [0.4, 0.5) is 0 Å². The number of nitrogens with zero attached hydrogens (tertiary/aromatic N) is 2. The van der Waals surface area contributed by atoms with Crippen LogP contribution in [0, 0.1) is 0 Å². The summed E-state index contributed by atoms with van der Waals surface area (Å²) >= 11 is 1.78. The topological polar surface area (TPSA) is 17.3 Å². The van der Waals surface area contributed by atoms with E-state index in [-0.39, 0.29) is 0 Å². The van der Waals surface area contributed by atoms with Gasteiger partial charge in [-0.3, -0.25) is 4.99 Å². The van der Waals surface area contributed by atoms with E-state index in [9.17, 15) is 0 Å². The van der Waals surface area contributed by atoms with Gasteiger partial charge in [0.15, 0.2) is 4.80 Å². The van der Waals surface area contributed by atoms with Gasteiger partial charge >= 0.3 is 0 Å². The molecule has 0 aliphatic rings. The first-order valence-electron chi connectivity index (χ1n) is 7.70. The minimum atomic E-state index is 0.809. The summed E-state index contributed by atoms with van der Waals surface area (Å²) in [5.74, 6) is 0. The van der Waals surface area contributed by atoms with E-state index in [1.54, 1.807) is 11.3 Å². The zero-order valence-electron chi connectivity index (χ0n) is 13.0. The summed E-state index contributed by atoms with van der Waals surface area (Å²) in [6.07, 6.45) is 0. The molecule has 0 unspecified atom stereocenters. The van der Waals surface area contributed by atoms with Crippen molar-refractivity contribution in [2.24, 2.45) is 4.99 Å². The largest absolute Gasteiger partial charge is 0.316 e. The van der Waals surface area contributed by atoms with Crippen molar-refractivity contribution in [3.63, 3.8) is 0 Å². The van der Waals surface area contributed by atoms with Gasteiger partial charge in [-0.2, -0.15) is 0 Å². The molecule has 3 rings (SSSR count). The van der Waals surface area contributed by atoms with Crippen LogP contribution in [0.15, 0.2) is 65.7 Å². The predicted octanol–water partition coefficient (Wildman–Crippen LogP) is 4.82. The quantitative estimate of drug-likeness (QED) is 0.657. The molecule has 0 saturated heterocycles. The molecule has 0 amide bonds. The van der Waals surface area contributed by atoms with Crippen molar-refractivity contribution in [1.29, 1.82) is 0 Å². The summed E-state index contributed by atoms with van der Waals surface area (Å²) in [5.41, 5.74) is 3.77. The number of benzene rings is 2. The van der Waals surface area contributed by atoms with Gasteiger partial charge in [-0.1, -0.05) is 72.0 Å². The minimum Gasteiger partial charge on any atom is -0.316 e. The maximum Gasteiger partial charge on any atom is 0.185 e. The maximum absolute atomic E-state index is 4.69. The van der Waals surface area contributed by atoms with E-state index >= 15 is 0 Å². The van der Waals surface area contributed by atoms with Crippen LogP contribution >= 0.6 is 11.3 Å². The molecule has 3 heteroatoms. The standard InChI is InChI=1S/C19H20N2S/c1-3-20-19-21(4-2)17(15-11-7-5-8-12-15)18(22-19)16-13-9-6-10-14-16/h5-14H,3-4H2,1-2H3. The van der Waals surface area contributed by atoms with Crippen LogP contribution in [0.2, 0.25) is 0 Å². The van der Waals surface area contributed by atoms with Gasteiger partial charge in [0.1, 0.15) is 0 Å². The SMILES string of the molecule is CCN=c1sc(-c2ccccc2)c(-c2ccccc2)n1CC. The van der Waals surface area contributed by atoms with Crippen molar-refractivity contribution in [3.05, 3.63) is 65.5 Å². The van der Waals surface area contributed by atoms with Crippen molar-refractivity contribution in [2.75, 3.05) is 6.54 Å². The van der Waals surface area contributed by atoms with E-state index in [1.165, 1.54) is 21.7 Å². The molecule has 0 fully saturated rings. The van der Waals surface area contributed by atoms with Gasteiger partial charge in [-0.15, -0.1) is 0 Å². The van der Waals surface area contributed by atoms with Gasteiger partial charge in [0.05, 0.1) is 10.6 Å². The van der Waals surface area contributed by atoms with E-state index in [2.05, 4.69) is 79.1 Å². The molecule has 2 nitrogen and oxygen atoms in total. The normalized spacial score (nSPS) is 11.8. The van der Waals surface area contributed by atoms with E-state index < -0.39 is 0 Å². The highest BCUT2D eigenvalue weighted by molar-refractivity contribution is 7.13. The van der Waals surface area contributed by atoms with Gasteiger partial charge in [0.25, 0.3) is 0 Å². The molecule has 1 aromatic heterocycles. The number of hydrogen-bond acceptors (Lipinski definition) is 2. The summed E-state index contributed by atoms with van der Waals surface area (Å²) in [5, 5.41) is 0. The highest BCUT2D eigenvalue weighted by Gasteiger charge is 2.15. The smallest absolute Gasteiger partial charge is 0.185 e. The number of rotatable bonds is 4. The first-order chi connectivity index (χ1) is 10.8. The first kappa shape index (κ1) is 14.8. The van der Waals surface area contributed by atoms with Crippen LogP contribution in [0.1, 0.15) is 13.8 Å². The van der Waals surface area contributed by atoms with Crippen LogP contribution in [0.3, 0.4) is 0 Å². The number of thiazole rings is 1. The minimum absolute atomic E-state index is 0.809. The average molecular weight is 308 g/mol. The van der Waals surface area contributed by atoms with Gasteiger partial charge < -0.3 is 4.57 Å². The molecular formula is C19H20N2S. The van der Waals surface area contributed by atoms with Crippen LogP contribution in [0.5, 0.6) is 0 Å². The van der Waals surface area contributed by atoms with Crippen molar-refractivity contribution in [1.82, 2.24) is 4.57 Å². The van der Waals surface area contributed by atoms with Crippen molar-refractivity contribution in [2.45, 2.75) is 20.4 Å². The Hall–Kier alpha value is -2.13. The van der Waals surface area contributed by atoms with Crippen LogP contribution in [0.25, 0.3) is 21.7 Å².